The fourth-order valence-corrected chi connectivity index (χ4v) is 2.45. The Balaban J connectivity index is 2.46. The van der Waals surface area contributed by atoms with E-state index in [0.29, 0.717) is 17.9 Å². The number of hydrogen-bond donors (Lipinski definition) is 0. The number of imide groups is 1. The Bertz CT molecular complexity index is 584. The van der Waals surface area contributed by atoms with Crippen molar-refractivity contribution in [1.29, 1.82) is 0 Å². The zero-order valence-corrected chi connectivity index (χ0v) is 13.2. The van der Waals surface area contributed by atoms with Gasteiger partial charge in [0, 0.05) is 31.3 Å². The molecule has 1 saturated heterocycles. The van der Waals surface area contributed by atoms with Crippen molar-refractivity contribution in [1.82, 2.24) is 9.80 Å². The number of anilines is 1. The molecule has 1 heterocycles. The molecule has 5 nitrogen and oxygen atoms in total. The van der Waals surface area contributed by atoms with Gasteiger partial charge >= 0.3 is 6.03 Å². The molecule has 2 rings (SSSR count). The van der Waals surface area contributed by atoms with Gasteiger partial charge in [0.1, 0.15) is 5.70 Å². The maximum Gasteiger partial charge on any atom is 0.336 e. The van der Waals surface area contributed by atoms with Crippen molar-refractivity contribution in [3.8, 4) is 0 Å². The molecule has 1 aromatic carbocycles. The van der Waals surface area contributed by atoms with Crippen LogP contribution in [0.1, 0.15) is 6.92 Å². The lowest BCUT2D eigenvalue weighted by molar-refractivity contribution is -0.114. The Kier molecular flexibility index (Phi) is 4.13. The van der Waals surface area contributed by atoms with Crippen molar-refractivity contribution in [2.45, 2.75) is 6.92 Å². The maximum absolute atomic E-state index is 12.5. The molecule has 1 fully saturated rings. The van der Waals surface area contributed by atoms with E-state index in [4.69, 9.17) is 0 Å². The number of carbonyl (C=O) groups excluding carboxylic acids is 2. The largest absolute Gasteiger partial charge is 0.382 e. The number of likely N-dealkylation sites (N-methyl/N-ethyl adjacent to an activating group) is 1. The van der Waals surface area contributed by atoms with Gasteiger partial charge in [0.05, 0.1) is 5.69 Å². The van der Waals surface area contributed by atoms with Crippen molar-refractivity contribution < 1.29 is 9.59 Å². The van der Waals surface area contributed by atoms with E-state index in [2.05, 4.69) is 15.9 Å². The number of rotatable bonds is 3. The Morgan fingerprint density at radius 2 is 2.00 bits per heavy atom. The highest BCUT2D eigenvalue weighted by Gasteiger charge is 2.41. The van der Waals surface area contributed by atoms with Crippen molar-refractivity contribution in [3.63, 3.8) is 0 Å². The van der Waals surface area contributed by atoms with Crippen LogP contribution in [0.25, 0.3) is 0 Å². The van der Waals surface area contributed by atoms with Gasteiger partial charge in [0.2, 0.25) is 0 Å². The van der Waals surface area contributed by atoms with Crippen LogP contribution in [0.4, 0.5) is 10.5 Å². The van der Waals surface area contributed by atoms with Crippen molar-refractivity contribution >= 4 is 33.6 Å². The quantitative estimate of drug-likeness (QED) is 0.629. The normalized spacial score (nSPS) is 17.3. The third-order valence-corrected chi connectivity index (χ3v) is 3.39. The van der Waals surface area contributed by atoms with Gasteiger partial charge in [-0.3, -0.25) is 9.69 Å². The van der Waals surface area contributed by atoms with Crippen LogP contribution in [0.3, 0.4) is 0 Å². The van der Waals surface area contributed by atoms with Gasteiger partial charge in [0.15, 0.2) is 0 Å². The number of carbonyl (C=O) groups is 2. The van der Waals surface area contributed by atoms with Crippen LogP contribution in [0.15, 0.2) is 40.6 Å². The Morgan fingerprint density at radius 3 is 2.55 bits per heavy atom. The minimum atomic E-state index is -0.316. The summed E-state index contributed by atoms with van der Waals surface area (Å²) in [5, 5.41) is 0. The second-order valence-electron chi connectivity index (χ2n) is 4.63. The summed E-state index contributed by atoms with van der Waals surface area (Å²) in [4.78, 5) is 29.3. The number of benzene rings is 1. The monoisotopic (exact) mass is 337 g/mol. The van der Waals surface area contributed by atoms with E-state index >= 15 is 0 Å². The van der Waals surface area contributed by atoms with Crippen LogP contribution in [-0.4, -0.2) is 42.4 Å². The van der Waals surface area contributed by atoms with E-state index < -0.39 is 0 Å². The highest BCUT2D eigenvalue weighted by Crippen LogP contribution is 2.29. The zero-order valence-electron chi connectivity index (χ0n) is 11.6. The van der Waals surface area contributed by atoms with Gasteiger partial charge < -0.3 is 4.90 Å². The molecule has 0 atom stereocenters. The standard InChI is InChI=1S/C14H16BrN3O2/c1-4-17-12(9-16(2)3)13(19)18(14(17)20)11-7-5-6-10(15)8-11/h5-9H,4H2,1-3H3/b12-9-. The molecule has 1 aliphatic heterocycles. The van der Waals surface area contributed by atoms with Crippen LogP contribution >= 0.6 is 15.9 Å². The molecule has 0 bridgehead atoms. The van der Waals surface area contributed by atoms with E-state index in [1.165, 1.54) is 9.80 Å². The molecular weight excluding hydrogens is 322 g/mol. The molecule has 0 spiro atoms. The summed E-state index contributed by atoms with van der Waals surface area (Å²) in [5.41, 5.74) is 0.956. The number of nitrogens with zero attached hydrogens (tertiary/aromatic N) is 3. The third-order valence-electron chi connectivity index (χ3n) is 2.90. The lowest BCUT2D eigenvalue weighted by Gasteiger charge is -2.15. The fraction of sp³-hybridized carbons (Fsp3) is 0.286. The van der Waals surface area contributed by atoms with Crippen LogP contribution in [0, 0.1) is 0 Å². The average molecular weight is 338 g/mol. The second kappa shape index (κ2) is 5.66. The summed E-state index contributed by atoms with van der Waals surface area (Å²) in [6.07, 6.45) is 1.67. The van der Waals surface area contributed by atoms with Crippen LogP contribution in [0.5, 0.6) is 0 Å². The Morgan fingerprint density at radius 1 is 1.30 bits per heavy atom. The number of amides is 3. The molecule has 20 heavy (non-hydrogen) atoms. The molecule has 1 aliphatic rings. The molecular formula is C14H16BrN3O2. The SMILES string of the molecule is CCN1C(=O)N(c2cccc(Br)c2)C(=O)/C1=C/N(C)C. The summed E-state index contributed by atoms with van der Waals surface area (Å²) in [6.45, 7) is 2.30. The first-order chi connectivity index (χ1) is 9.45. The minimum absolute atomic E-state index is 0.302. The van der Waals surface area contributed by atoms with Crippen molar-refractivity contribution in [3.05, 3.63) is 40.6 Å². The lowest BCUT2D eigenvalue weighted by Crippen LogP contribution is -2.32. The molecule has 3 amide bonds. The van der Waals surface area contributed by atoms with E-state index in [1.807, 2.05) is 27.1 Å². The summed E-state index contributed by atoms with van der Waals surface area (Å²) in [7, 11) is 3.64. The lowest BCUT2D eigenvalue weighted by atomic mass is 10.3. The highest BCUT2D eigenvalue weighted by molar-refractivity contribution is 9.10. The van der Waals surface area contributed by atoms with Gasteiger partial charge in [-0.25, -0.2) is 9.69 Å². The third kappa shape index (κ3) is 2.56. The topological polar surface area (TPSA) is 43.9 Å². The zero-order chi connectivity index (χ0) is 14.9. The van der Waals surface area contributed by atoms with Gasteiger partial charge in [-0.2, -0.15) is 0 Å². The van der Waals surface area contributed by atoms with Crippen molar-refractivity contribution in [2.24, 2.45) is 0 Å². The smallest absolute Gasteiger partial charge is 0.336 e. The Labute approximate surface area is 126 Å². The van der Waals surface area contributed by atoms with Crippen LogP contribution in [-0.2, 0) is 4.79 Å². The molecule has 6 heteroatoms. The minimum Gasteiger partial charge on any atom is -0.382 e. The van der Waals surface area contributed by atoms with E-state index in [-0.39, 0.29) is 11.9 Å². The maximum atomic E-state index is 12.5. The molecule has 0 radical (unpaired) electrons. The van der Waals surface area contributed by atoms with Crippen LogP contribution < -0.4 is 4.90 Å². The number of urea groups is 1. The van der Waals surface area contributed by atoms with Gasteiger partial charge in [-0.1, -0.05) is 22.0 Å². The molecule has 0 aliphatic carbocycles. The summed E-state index contributed by atoms with van der Waals surface area (Å²) in [5.74, 6) is -0.302. The van der Waals surface area contributed by atoms with E-state index in [1.54, 1.807) is 29.3 Å². The fourth-order valence-electron chi connectivity index (χ4n) is 2.06. The Hall–Kier alpha value is -1.82. The molecule has 0 unspecified atom stereocenters. The first-order valence-corrected chi connectivity index (χ1v) is 7.04. The highest BCUT2D eigenvalue weighted by atomic mass is 79.9. The number of halogens is 1. The molecule has 0 aromatic heterocycles. The van der Waals surface area contributed by atoms with Gasteiger partial charge in [-0.15, -0.1) is 0 Å². The predicted molar refractivity (Wildman–Crippen MR) is 81.2 cm³/mol. The first-order valence-electron chi connectivity index (χ1n) is 6.25. The molecule has 1 aromatic rings. The van der Waals surface area contributed by atoms with Crippen LogP contribution in [0.2, 0.25) is 0 Å². The number of hydrogen-bond acceptors (Lipinski definition) is 3. The second-order valence-corrected chi connectivity index (χ2v) is 5.54. The first kappa shape index (κ1) is 14.6. The molecule has 106 valence electrons. The predicted octanol–water partition coefficient (Wildman–Crippen LogP) is 2.64. The average Bonchev–Trinajstić information content (AvgIpc) is 2.60. The van der Waals surface area contributed by atoms with Crippen molar-refractivity contribution in [2.75, 3.05) is 25.5 Å². The molecule has 0 saturated carbocycles. The van der Waals surface area contributed by atoms with Gasteiger partial charge in [0.25, 0.3) is 5.91 Å². The summed E-state index contributed by atoms with van der Waals surface area (Å²) < 4.78 is 0.823. The van der Waals surface area contributed by atoms with E-state index in [0.717, 1.165) is 4.47 Å². The van der Waals surface area contributed by atoms with E-state index in [9.17, 15) is 9.59 Å². The summed E-state index contributed by atoms with van der Waals surface area (Å²) in [6, 6.07) is 6.82. The molecule has 0 N–H and O–H groups in total. The summed E-state index contributed by atoms with van der Waals surface area (Å²) >= 11 is 3.35. The van der Waals surface area contributed by atoms with Gasteiger partial charge in [-0.05, 0) is 25.1 Å².